The molecule has 176 valence electrons. The van der Waals surface area contributed by atoms with Gasteiger partial charge in [-0.1, -0.05) is 35.4 Å². The molecular weight excluding hydrogens is 472 g/mol. The number of carbonyl (C=O) groups excluding carboxylic acids is 2. The van der Waals surface area contributed by atoms with Gasteiger partial charge < -0.3 is 19.1 Å². The van der Waals surface area contributed by atoms with E-state index in [0.29, 0.717) is 5.69 Å². The van der Waals surface area contributed by atoms with E-state index in [0.717, 1.165) is 25.3 Å². The van der Waals surface area contributed by atoms with Gasteiger partial charge in [0.25, 0.3) is 10.0 Å². The Kier molecular flexibility index (Phi) is 7.31. The van der Waals surface area contributed by atoms with Gasteiger partial charge in [0.1, 0.15) is 17.3 Å². The second-order valence-corrected chi connectivity index (χ2v) is 9.25. The molecular formula is C22H23ClN2O7S. The Bertz CT molecular complexity index is 1240. The van der Waals surface area contributed by atoms with Gasteiger partial charge >= 0.3 is 11.9 Å². The lowest BCUT2D eigenvalue weighted by molar-refractivity contribution is -0.140. The van der Waals surface area contributed by atoms with Crippen LogP contribution < -0.4 is 9.62 Å². The minimum absolute atomic E-state index is 0.0290. The van der Waals surface area contributed by atoms with Crippen LogP contribution in [-0.2, 0) is 33.8 Å². The first kappa shape index (κ1) is 24.6. The zero-order valence-corrected chi connectivity index (χ0v) is 20.0. The molecule has 0 saturated carbocycles. The van der Waals surface area contributed by atoms with Crippen LogP contribution in [0, 0.1) is 13.8 Å². The van der Waals surface area contributed by atoms with E-state index in [1.165, 1.54) is 23.1 Å². The first-order valence-electron chi connectivity index (χ1n) is 9.74. The number of rotatable bonds is 6. The summed E-state index contributed by atoms with van der Waals surface area (Å²) >= 11 is 6.34. The van der Waals surface area contributed by atoms with Gasteiger partial charge in [-0.2, -0.15) is 0 Å². The molecule has 0 amide bonds. The third-order valence-corrected chi connectivity index (χ3v) is 6.85. The van der Waals surface area contributed by atoms with E-state index in [1.54, 1.807) is 19.1 Å². The van der Waals surface area contributed by atoms with Crippen LogP contribution in [0.1, 0.15) is 11.1 Å². The van der Waals surface area contributed by atoms with E-state index >= 15 is 0 Å². The summed E-state index contributed by atoms with van der Waals surface area (Å²) in [7, 11) is -1.92. The van der Waals surface area contributed by atoms with Crippen molar-refractivity contribution in [3.05, 3.63) is 63.8 Å². The van der Waals surface area contributed by atoms with Crippen LogP contribution in [-0.4, -0.2) is 47.9 Å². The van der Waals surface area contributed by atoms with Crippen molar-refractivity contribution in [1.29, 1.82) is 0 Å². The summed E-state index contributed by atoms with van der Waals surface area (Å²) < 4.78 is 44.5. The molecule has 0 unspecified atom stereocenters. The Labute approximate surface area is 196 Å². The molecule has 1 aliphatic heterocycles. The number of nitrogens with one attached hydrogen (secondary N) is 1. The number of sulfonamides is 1. The van der Waals surface area contributed by atoms with Crippen LogP contribution >= 0.6 is 11.6 Å². The molecule has 1 aliphatic rings. The number of methoxy groups -OCH3 is 2. The van der Waals surface area contributed by atoms with E-state index in [2.05, 4.69) is 4.72 Å². The van der Waals surface area contributed by atoms with Gasteiger partial charge in [-0.15, -0.1) is 0 Å². The third-order valence-electron chi connectivity index (χ3n) is 4.97. The highest BCUT2D eigenvalue weighted by atomic mass is 35.5. The SMILES string of the molecule is COC(=O)C1=C(C(=O)OC)N(c2cccc(Cl)c2S(=O)(=O)Nc2ccc(C)cc2C)COC1. The van der Waals surface area contributed by atoms with Crippen LogP contribution in [0.5, 0.6) is 0 Å². The van der Waals surface area contributed by atoms with E-state index in [4.69, 9.17) is 25.8 Å². The Hall–Kier alpha value is -3.08. The number of halogens is 1. The lowest BCUT2D eigenvalue weighted by Crippen LogP contribution is -2.39. The van der Waals surface area contributed by atoms with E-state index < -0.39 is 22.0 Å². The molecule has 0 spiro atoms. The van der Waals surface area contributed by atoms with E-state index in [9.17, 15) is 18.0 Å². The lowest BCUT2D eigenvalue weighted by Gasteiger charge is -2.32. The van der Waals surface area contributed by atoms with Crippen LogP contribution in [0.2, 0.25) is 5.02 Å². The highest BCUT2D eigenvalue weighted by Crippen LogP contribution is 2.37. The fourth-order valence-corrected chi connectivity index (χ4v) is 5.31. The fraction of sp³-hybridized carbons (Fsp3) is 0.273. The van der Waals surface area contributed by atoms with Gasteiger partial charge in [-0.05, 0) is 37.6 Å². The Balaban J connectivity index is 2.18. The molecule has 0 saturated heterocycles. The molecule has 0 bridgehead atoms. The minimum atomic E-state index is -4.23. The topological polar surface area (TPSA) is 111 Å². The smallest absolute Gasteiger partial charge is 0.355 e. The number of esters is 2. The van der Waals surface area contributed by atoms with Crippen LogP contribution in [0.3, 0.4) is 0 Å². The van der Waals surface area contributed by atoms with Crippen LogP contribution in [0.15, 0.2) is 52.6 Å². The number of anilines is 2. The van der Waals surface area contributed by atoms with Crippen molar-refractivity contribution in [3.8, 4) is 0 Å². The Morgan fingerprint density at radius 1 is 1.09 bits per heavy atom. The second kappa shape index (κ2) is 9.82. The predicted molar refractivity (Wildman–Crippen MR) is 123 cm³/mol. The normalized spacial score (nSPS) is 14.2. The maximum absolute atomic E-state index is 13.5. The van der Waals surface area contributed by atoms with Gasteiger partial charge in [-0.3, -0.25) is 4.72 Å². The summed E-state index contributed by atoms with van der Waals surface area (Å²) in [5.41, 5.74) is 1.79. The lowest BCUT2D eigenvalue weighted by atomic mass is 10.1. The van der Waals surface area contributed by atoms with Gasteiger partial charge in [-0.25, -0.2) is 18.0 Å². The monoisotopic (exact) mass is 494 g/mol. The highest BCUT2D eigenvalue weighted by Gasteiger charge is 2.36. The Morgan fingerprint density at radius 2 is 1.79 bits per heavy atom. The maximum atomic E-state index is 13.5. The van der Waals surface area contributed by atoms with Crippen molar-refractivity contribution in [2.24, 2.45) is 0 Å². The summed E-state index contributed by atoms with van der Waals surface area (Å²) in [6.45, 7) is 3.24. The number of carbonyl (C=O) groups is 2. The molecule has 2 aromatic rings. The summed E-state index contributed by atoms with van der Waals surface area (Å²) in [4.78, 5) is 25.8. The summed E-state index contributed by atoms with van der Waals surface area (Å²) in [6, 6.07) is 9.65. The molecule has 0 atom stereocenters. The third kappa shape index (κ3) is 4.97. The maximum Gasteiger partial charge on any atom is 0.355 e. The zero-order valence-electron chi connectivity index (χ0n) is 18.5. The molecule has 0 aliphatic carbocycles. The molecule has 0 radical (unpaired) electrons. The van der Waals surface area contributed by atoms with Crippen molar-refractivity contribution in [2.45, 2.75) is 18.7 Å². The molecule has 11 heteroatoms. The standard InChI is InChI=1S/C22H23ClN2O7S/c1-13-8-9-17(14(2)10-13)24-33(28,29)20-16(23)6-5-7-18(20)25-12-32-11-15(21(26)30-3)19(25)22(27)31-4/h5-10,24H,11-12H2,1-4H3. The molecule has 1 N–H and O–H groups in total. The first-order chi connectivity index (χ1) is 15.6. The van der Waals surface area contributed by atoms with Crippen molar-refractivity contribution in [2.75, 3.05) is 37.2 Å². The molecule has 9 nitrogen and oxygen atoms in total. The van der Waals surface area contributed by atoms with Crippen molar-refractivity contribution in [1.82, 2.24) is 0 Å². The van der Waals surface area contributed by atoms with Crippen molar-refractivity contribution in [3.63, 3.8) is 0 Å². The molecule has 0 fully saturated rings. The number of hydrogen-bond acceptors (Lipinski definition) is 8. The predicted octanol–water partition coefficient (Wildman–Crippen LogP) is 3.15. The van der Waals surface area contributed by atoms with Gasteiger partial charge in [0.15, 0.2) is 0 Å². The van der Waals surface area contributed by atoms with Gasteiger partial charge in [0.05, 0.1) is 42.8 Å². The van der Waals surface area contributed by atoms with E-state index in [-0.39, 0.29) is 40.2 Å². The summed E-state index contributed by atoms with van der Waals surface area (Å²) in [5, 5.41) is -0.0841. The van der Waals surface area contributed by atoms with Gasteiger partial charge in [0.2, 0.25) is 0 Å². The second-order valence-electron chi connectivity index (χ2n) is 7.23. The number of aryl methyl sites for hydroxylation is 2. The molecule has 33 heavy (non-hydrogen) atoms. The summed E-state index contributed by atoms with van der Waals surface area (Å²) in [6.07, 6.45) is 0. The highest BCUT2D eigenvalue weighted by molar-refractivity contribution is 7.93. The zero-order chi connectivity index (χ0) is 24.3. The van der Waals surface area contributed by atoms with E-state index in [1.807, 2.05) is 13.0 Å². The summed E-state index contributed by atoms with van der Waals surface area (Å²) in [5.74, 6) is -1.66. The molecule has 3 rings (SSSR count). The average molecular weight is 495 g/mol. The molecule has 1 heterocycles. The Morgan fingerprint density at radius 3 is 2.42 bits per heavy atom. The number of ether oxygens (including phenoxy) is 3. The van der Waals surface area contributed by atoms with Crippen LogP contribution in [0.4, 0.5) is 11.4 Å². The minimum Gasteiger partial charge on any atom is -0.466 e. The quantitative estimate of drug-likeness (QED) is 0.609. The largest absolute Gasteiger partial charge is 0.466 e. The average Bonchev–Trinajstić information content (AvgIpc) is 2.79. The first-order valence-corrected chi connectivity index (χ1v) is 11.6. The van der Waals surface area contributed by atoms with Crippen LogP contribution in [0.25, 0.3) is 0 Å². The fourth-order valence-electron chi connectivity index (χ4n) is 3.43. The molecule has 0 aromatic heterocycles. The molecule has 2 aromatic carbocycles. The number of nitrogens with zero attached hydrogens (tertiary/aromatic N) is 1. The van der Waals surface area contributed by atoms with Crippen molar-refractivity contribution >= 4 is 44.9 Å². The van der Waals surface area contributed by atoms with Gasteiger partial charge in [0, 0.05) is 0 Å². The van der Waals surface area contributed by atoms with Crippen molar-refractivity contribution < 1.29 is 32.2 Å². The number of benzene rings is 2. The number of hydrogen-bond donors (Lipinski definition) is 1.